The van der Waals surface area contributed by atoms with Gasteiger partial charge >= 0.3 is 0 Å². The lowest BCUT2D eigenvalue weighted by Gasteiger charge is -2.15. The second kappa shape index (κ2) is 9.92. The highest BCUT2D eigenvalue weighted by molar-refractivity contribution is 7.80. The molecule has 0 bridgehead atoms. The van der Waals surface area contributed by atoms with Crippen LogP contribution >= 0.6 is 12.2 Å². The molecule has 0 aromatic heterocycles. The highest BCUT2D eigenvalue weighted by atomic mass is 32.1. The van der Waals surface area contributed by atoms with Gasteiger partial charge in [0.2, 0.25) is 0 Å². The Labute approximate surface area is 161 Å². The summed E-state index contributed by atoms with van der Waals surface area (Å²) < 4.78 is 5.61. The zero-order valence-electron chi connectivity index (χ0n) is 15.6. The average molecular weight is 371 g/mol. The standard InChI is InChI=1S/C21H26N2O2S/c1-4-6-14-25-18-12-10-17(11-13-18)20(24)23-21(26)22-19-15(3)8-7-9-16(19)5-2/h7-13H,4-6,14H2,1-3H3,(H2,22,23,24,26). The quantitative estimate of drug-likeness (QED) is 0.540. The zero-order chi connectivity index (χ0) is 18.9. The molecule has 26 heavy (non-hydrogen) atoms. The maximum absolute atomic E-state index is 12.4. The van der Waals surface area contributed by atoms with Gasteiger partial charge in [0.25, 0.3) is 5.91 Å². The minimum absolute atomic E-state index is 0.241. The van der Waals surface area contributed by atoms with E-state index >= 15 is 0 Å². The van der Waals surface area contributed by atoms with Gasteiger partial charge in [-0.05, 0) is 67.4 Å². The van der Waals surface area contributed by atoms with Crippen LogP contribution in [-0.2, 0) is 6.42 Å². The van der Waals surface area contributed by atoms with Crippen LogP contribution in [-0.4, -0.2) is 17.6 Å². The molecule has 5 heteroatoms. The minimum Gasteiger partial charge on any atom is -0.494 e. The van der Waals surface area contributed by atoms with Gasteiger partial charge in [-0.3, -0.25) is 10.1 Å². The number of unbranched alkanes of at least 4 members (excludes halogenated alkanes) is 1. The van der Waals surface area contributed by atoms with Crippen molar-refractivity contribution in [2.75, 3.05) is 11.9 Å². The van der Waals surface area contributed by atoms with Crippen LogP contribution in [0.4, 0.5) is 5.69 Å². The molecule has 0 saturated carbocycles. The zero-order valence-corrected chi connectivity index (χ0v) is 16.4. The van der Waals surface area contributed by atoms with Gasteiger partial charge in [0.15, 0.2) is 5.11 Å². The van der Waals surface area contributed by atoms with Gasteiger partial charge in [-0.2, -0.15) is 0 Å². The molecule has 0 heterocycles. The highest BCUT2D eigenvalue weighted by Crippen LogP contribution is 2.21. The number of aryl methyl sites for hydroxylation is 2. The molecule has 0 aliphatic heterocycles. The summed E-state index contributed by atoms with van der Waals surface area (Å²) in [6.07, 6.45) is 2.99. The summed E-state index contributed by atoms with van der Waals surface area (Å²) in [5.41, 5.74) is 3.75. The minimum atomic E-state index is -0.241. The summed E-state index contributed by atoms with van der Waals surface area (Å²) in [4.78, 5) is 12.4. The van der Waals surface area contributed by atoms with E-state index in [0.717, 1.165) is 41.8 Å². The molecule has 138 valence electrons. The van der Waals surface area contributed by atoms with Gasteiger partial charge in [0, 0.05) is 11.3 Å². The van der Waals surface area contributed by atoms with Crippen LogP contribution in [0.3, 0.4) is 0 Å². The number of carbonyl (C=O) groups is 1. The van der Waals surface area contributed by atoms with Crippen LogP contribution < -0.4 is 15.4 Å². The van der Waals surface area contributed by atoms with Gasteiger partial charge in [-0.15, -0.1) is 0 Å². The number of hydrogen-bond donors (Lipinski definition) is 2. The Balaban J connectivity index is 1.96. The number of amides is 1. The van der Waals surface area contributed by atoms with Crippen molar-refractivity contribution < 1.29 is 9.53 Å². The van der Waals surface area contributed by atoms with Crippen LogP contribution in [0.25, 0.3) is 0 Å². The predicted molar refractivity (Wildman–Crippen MR) is 111 cm³/mol. The molecule has 0 spiro atoms. The predicted octanol–water partition coefficient (Wildman–Crippen LogP) is 4.86. The number of anilines is 1. The lowest BCUT2D eigenvalue weighted by molar-refractivity contribution is 0.0977. The Hall–Kier alpha value is -2.40. The average Bonchev–Trinajstić information content (AvgIpc) is 2.64. The second-order valence-electron chi connectivity index (χ2n) is 6.10. The topological polar surface area (TPSA) is 50.4 Å². The maximum atomic E-state index is 12.4. The summed E-state index contributed by atoms with van der Waals surface area (Å²) in [5, 5.41) is 6.18. The monoisotopic (exact) mass is 370 g/mol. The maximum Gasteiger partial charge on any atom is 0.257 e. The molecular formula is C21H26N2O2S. The van der Waals surface area contributed by atoms with Crippen molar-refractivity contribution in [1.29, 1.82) is 0 Å². The van der Waals surface area contributed by atoms with E-state index in [1.807, 2.05) is 19.1 Å². The van der Waals surface area contributed by atoms with Crippen LogP contribution in [0, 0.1) is 6.92 Å². The molecule has 4 nitrogen and oxygen atoms in total. The number of hydrogen-bond acceptors (Lipinski definition) is 3. The number of para-hydroxylation sites is 1. The molecule has 0 fully saturated rings. The van der Waals surface area contributed by atoms with Crippen LogP contribution in [0.1, 0.15) is 48.2 Å². The number of carbonyl (C=O) groups excluding carboxylic acids is 1. The summed E-state index contributed by atoms with van der Waals surface area (Å²) in [6.45, 7) is 6.91. The third-order valence-electron chi connectivity index (χ3n) is 4.09. The Morgan fingerprint density at radius 1 is 1.12 bits per heavy atom. The Kier molecular flexibility index (Phi) is 7.60. The molecule has 0 radical (unpaired) electrons. The van der Waals surface area contributed by atoms with E-state index < -0.39 is 0 Å². The third-order valence-corrected chi connectivity index (χ3v) is 4.29. The first-order valence-corrected chi connectivity index (χ1v) is 9.39. The Bertz CT molecular complexity index is 757. The van der Waals surface area contributed by atoms with Crippen molar-refractivity contribution in [2.45, 2.75) is 40.0 Å². The summed E-state index contributed by atoms with van der Waals surface area (Å²) in [6, 6.07) is 13.2. The van der Waals surface area contributed by atoms with Gasteiger partial charge < -0.3 is 10.1 Å². The lowest BCUT2D eigenvalue weighted by atomic mass is 10.1. The largest absolute Gasteiger partial charge is 0.494 e. The van der Waals surface area contributed by atoms with Crippen molar-refractivity contribution in [1.82, 2.24) is 5.32 Å². The summed E-state index contributed by atoms with van der Waals surface area (Å²) in [5.74, 6) is 0.525. The van der Waals surface area contributed by atoms with E-state index in [2.05, 4.69) is 30.5 Å². The van der Waals surface area contributed by atoms with Crippen molar-refractivity contribution >= 4 is 28.9 Å². The second-order valence-corrected chi connectivity index (χ2v) is 6.51. The van der Waals surface area contributed by atoms with Crippen LogP contribution in [0.5, 0.6) is 5.75 Å². The molecule has 2 rings (SSSR count). The van der Waals surface area contributed by atoms with Gasteiger partial charge in [0.1, 0.15) is 5.75 Å². The molecule has 0 aliphatic rings. The van der Waals surface area contributed by atoms with Crippen molar-refractivity contribution in [3.05, 3.63) is 59.2 Å². The van der Waals surface area contributed by atoms with E-state index in [4.69, 9.17) is 17.0 Å². The number of thiocarbonyl (C=S) groups is 1. The van der Waals surface area contributed by atoms with Gasteiger partial charge in [-0.1, -0.05) is 38.5 Å². The SMILES string of the molecule is CCCCOc1ccc(C(=O)NC(=S)Nc2c(C)cccc2CC)cc1. The van der Waals surface area contributed by atoms with Crippen molar-refractivity contribution in [3.63, 3.8) is 0 Å². The Morgan fingerprint density at radius 2 is 1.85 bits per heavy atom. The molecule has 2 aromatic rings. The number of nitrogens with one attached hydrogen (secondary N) is 2. The van der Waals surface area contributed by atoms with E-state index in [1.165, 1.54) is 0 Å². The van der Waals surface area contributed by atoms with Crippen LogP contribution in [0.2, 0.25) is 0 Å². The van der Waals surface area contributed by atoms with Crippen molar-refractivity contribution in [2.24, 2.45) is 0 Å². The normalized spacial score (nSPS) is 10.3. The van der Waals surface area contributed by atoms with E-state index in [0.29, 0.717) is 17.3 Å². The Morgan fingerprint density at radius 3 is 2.50 bits per heavy atom. The van der Waals surface area contributed by atoms with Crippen molar-refractivity contribution in [3.8, 4) is 5.75 Å². The van der Waals surface area contributed by atoms with Crippen LogP contribution in [0.15, 0.2) is 42.5 Å². The van der Waals surface area contributed by atoms with Gasteiger partial charge in [0.05, 0.1) is 6.61 Å². The molecular weight excluding hydrogens is 344 g/mol. The first-order chi connectivity index (χ1) is 12.5. The fourth-order valence-electron chi connectivity index (χ4n) is 2.56. The van der Waals surface area contributed by atoms with E-state index in [1.54, 1.807) is 24.3 Å². The molecule has 1 amide bonds. The number of ether oxygens (including phenoxy) is 1. The first kappa shape index (κ1) is 19.9. The molecule has 0 aliphatic carbocycles. The first-order valence-electron chi connectivity index (χ1n) is 8.98. The third kappa shape index (κ3) is 5.56. The fourth-order valence-corrected chi connectivity index (χ4v) is 2.75. The summed E-state index contributed by atoms with van der Waals surface area (Å²) in [7, 11) is 0. The summed E-state index contributed by atoms with van der Waals surface area (Å²) >= 11 is 5.31. The van der Waals surface area contributed by atoms with Gasteiger partial charge in [-0.25, -0.2) is 0 Å². The lowest BCUT2D eigenvalue weighted by Crippen LogP contribution is -2.34. The molecule has 2 aromatic carbocycles. The molecule has 2 N–H and O–H groups in total. The number of benzene rings is 2. The smallest absolute Gasteiger partial charge is 0.257 e. The fraction of sp³-hybridized carbons (Fsp3) is 0.333. The number of rotatable bonds is 7. The van der Waals surface area contributed by atoms with E-state index in [9.17, 15) is 4.79 Å². The highest BCUT2D eigenvalue weighted by Gasteiger charge is 2.11. The molecule has 0 saturated heterocycles. The molecule has 0 atom stereocenters. The molecule has 0 unspecified atom stereocenters. The van der Waals surface area contributed by atoms with E-state index in [-0.39, 0.29) is 5.91 Å².